The van der Waals surface area contributed by atoms with Crippen molar-refractivity contribution in [3.63, 3.8) is 0 Å². The van der Waals surface area contributed by atoms with Gasteiger partial charge in [0.25, 0.3) is 20.0 Å². The lowest BCUT2D eigenvalue weighted by atomic mass is 9.97. The van der Waals surface area contributed by atoms with E-state index in [1.54, 1.807) is 73.1 Å². The first-order valence-electron chi connectivity index (χ1n) is 21.5. The van der Waals surface area contributed by atoms with Gasteiger partial charge in [0.2, 0.25) is 5.91 Å². The standard InChI is InChI=1S/C22H25N5O5S.C22H23N5O4S/c1-14-3-5-16(6-4-14)33(29,30)27-8-7-18-20(27)23-13-19(24-18)25-26-21(28)17-12-22(11-15(17)2)31-9-10-32-22;1-14-3-5-16(6-4-14)32(28,29)26-8-7-18-21(26)23-13-19-24-25-20(27(18)19)17-12-22(11-15(17)2)30-9-10-31-22/h3-8,13,15,17H,9-12H2,1-2H3,(H,24,25)(H,26,28);3-8,13,15,17H,9-12H2,1-2H3. The molecule has 2 spiro atoms. The number of rotatable bonds is 8. The molecule has 0 radical (unpaired) electrons. The van der Waals surface area contributed by atoms with Gasteiger partial charge in [0, 0.05) is 49.9 Å². The number of hydrazine groups is 1. The van der Waals surface area contributed by atoms with Gasteiger partial charge in [-0.25, -0.2) is 39.7 Å². The largest absolute Gasteiger partial charge is 0.348 e. The van der Waals surface area contributed by atoms with Crippen molar-refractivity contribution in [1.82, 2.24) is 42.9 Å². The summed E-state index contributed by atoms with van der Waals surface area (Å²) in [5.74, 6) is -0.0916. The number of ether oxygens (including phenoxy) is 4. The fourth-order valence-electron chi connectivity index (χ4n) is 9.56. The summed E-state index contributed by atoms with van der Waals surface area (Å²) >= 11 is 0. The van der Waals surface area contributed by atoms with Crippen molar-refractivity contribution in [2.45, 2.75) is 80.7 Å². The molecule has 5 aromatic heterocycles. The molecule has 2 aromatic carbocycles. The van der Waals surface area contributed by atoms with Crippen molar-refractivity contribution in [2.75, 3.05) is 31.9 Å². The quantitative estimate of drug-likeness (QED) is 0.189. The number of benzene rings is 2. The summed E-state index contributed by atoms with van der Waals surface area (Å²) in [5, 5.41) is 8.79. The van der Waals surface area contributed by atoms with Crippen LogP contribution in [0.1, 0.15) is 62.4 Å². The molecule has 2 aliphatic carbocycles. The Balaban J connectivity index is 0.000000153. The fraction of sp³-hybridized carbons (Fsp3) is 0.409. The highest BCUT2D eigenvalue weighted by Crippen LogP contribution is 2.49. The van der Waals surface area contributed by atoms with E-state index < -0.39 is 31.6 Å². The molecule has 0 bridgehead atoms. The van der Waals surface area contributed by atoms with Gasteiger partial charge in [0.1, 0.15) is 11.3 Å². The lowest BCUT2D eigenvalue weighted by Gasteiger charge is -2.21. The van der Waals surface area contributed by atoms with Gasteiger partial charge in [-0.15, -0.1) is 10.2 Å². The van der Waals surface area contributed by atoms with Crippen LogP contribution < -0.4 is 10.9 Å². The van der Waals surface area contributed by atoms with Crippen LogP contribution in [0.4, 0.5) is 5.82 Å². The van der Waals surface area contributed by atoms with Crippen molar-refractivity contribution in [1.29, 1.82) is 0 Å². The van der Waals surface area contributed by atoms with Crippen molar-refractivity contribution in [3.05, 3.63) is 102 Å². The van der Waals surface area contributed by atoms with Gasteiger partial charge < -0.3 is 18.9 Å². The third-order valence-corrected chi connectivity index (χ3v) is 16.2. The van der Waals surface area contributed by atoms with E-state index in [-0.39, 0.29) is 45.0 Å². The maximum absolute atomic E-state index is 13.3. The van der Waals surface area contributed by atoms with Crippen LogP contribution in [0.25, 0.3) is 28.0 Å². The van der Waals surface area contributed by atoms with Gasteiger partial charge in [0.05, 0.1) is 54.1 Å². The van der Waals surface area contributed by atoms with Crippen LogP contribution in [0.15, 0.2) is 95.2 Å². The second kappa shape index (κ2) is 16.2. The molecule has 4 atom stereocenters. The summed E-state index contributed by atoms with van der Waals surface area (Å²) in [4.78, 5) is 26.2. The molecule has 2 aliphatic heterocycles. The summed E-state index contributed by atoms with van der Waals surface area (Å²) in [6, 6.07) is 16.7. The third kappa shape index (κ3) is 7.72. The Labute approximate surface area is 374 Å². The minimum absolute atomic E-state index is 0.0748. The zero-order valence-corrected chi connectivity index (χ0v) is 37.8. The van der Waals surface area contributed by atoms with Crippen LogP contribution >= 0.6 is 0 Å². The Morgan fingerprint density at radius 2 is 1.23 bits per heavy atom. The predicted octanol–water partition coefficient (Wildman–Crippen LogP) is 5.09. The lowest BCUT2D eigenvalue weighted by molar-refractivity contribution is -0.156. The molecule has 21 heteroatoms. The number of anilines is 1. The maximum atomic E-state index is 13.3. The Morgan fingerprint density at radius 1 is 0.677 bits per heavy atom. The molecule has 340 valence electrons. The number of hydrogen-bond acceptors (Lipinski definition) is 15. The summed E-state index contributed by atoms with van der Waals surface area (Å²) in [6.45, 7) is 10.3. The van der Waals surface area contributed by atoms with Crippen LogP contribution in [0.3, 0.4) is 0 Å². The Bertz CT molecular complexity index is 3160. The first-order valence-corrected chi connectivity index (χ1v) is 24.3. The average Bonchev–Trinajstić information content (AvgIpc) is 4.16. The number of carbonyl (C=O) groups excluding carboxylic acids is 1. The number of amides is 1. The van der Waals surface area contributed by atoms with E-state index in [9.17, 15) is 21.6 Å². The molecule has 4 unspecified atom stereocenters. The first kappa shape index (κ1) is 43.1. The van der Waals surface area contributed by atoms with Crippen LogP contribution in [-0.2, 0) is 43.8 Å². The van der Waals surface area contributed by atoms with Gasteiger partial charge in [-0.2, -0.15) is 0 Å². The van der Waals surface area contributed by atoms with Crippen LogP contribution in [0.5, 0.6) is 0 Å². The number of aromatic nitrogens is 8. The minimum Gasteiger partial charge on any atom is -0.348 e. The summed E-state index contributed by atoms with van der Waals surface area (Å²) in [7, 11) is -7.60. The van der Waals surface area contributed by atoms with E-state index in [0.29, 0.717) is 73.8 Å². The SMILES string of the molecule is Cc1ccc(S(=O)(=O)n2ccc3c2ncc2nnc(C4CC5(CC4C)OCCO5)n23)cc1.Cc1ccc(S(=O)(=O)n2ccc3nc(NNC(=O)C4CC5(CC4C)OCCO5)cnc32)cc1. The van der Waals surface area contributed by atoms with E-state index in [0.717, 1.165) is 27.3 Å². The van der Waals surface area contributed by atoms with E-state index in [2.05, 4.69) is 42.9 Å². The zero-order chi connectivity index (χ0) is 45.3. The Kier molecular flexibility index (Phi) is 10.8. The molecule has 4 fully saturated rings. The molecule has 11 rings (SSSR count). The fourth-order valence-corrected chi connectivity index (χ4v) is 12.2. The summed E-state index contributed by atoms with van der Waals surface area (Å²) in [6.07, 6.45) is 8.59. The molecule has 7 aromatic rings. The highest BCUT2D eigenvalue weighted by atomic mass is 32.2. The van der Waals surface area contributed by atoms with Crippen LogP contribution in [0.2, 0.25) is 0 Å². The molecular weight excluding hydrogens is 877 g/mol. The highest BCUT2D eigenvalue weighted by Gasteiger charge is 2.51. The Morgan fingerprint density at radius 3 is 1.86 bits per heavy atom. The minimum atomic E-state index is -3.81. The average molecular weight is 925 g/mol. The van der Waals surface area contributed by atoms with Crippen molar-refractivity contribution in [3.8, 4) is 0 Å². The lowest BCUT2D eigenvalue weighted by Crippen LogP contribution is -2.37. The van der Waals surface area contributed by atoms with Gasteiger partial charge in [0.15, 0.2) is 34.3 Å². The number of nitrogens with one attached hydrogen (secondary N) is 2. The molecule has 1 amide bonds. The molecule has 7 heterocycles. The highest BCUT2D eigenvalue weighted by molar-refractivity contribution is 7.90. The monoisotopic (exact) mass is 924 g/mol. The number of fused-ring (bicyclic) bond motifs is 4. The molecule has 4 aliphatic rings. The summed E-state index contributed by atoms with van der Waals surface area (Å²) in [5.41, 5.74) is 9.59. The molecule has 19 nitrogen and oxygen atoms in total. The molecular formula is C44H48N10O9S2. The zero-order valence-electron chi connectivity index (χ0n) is 36.1. The second-order valence-corrected chi connectivity index (χ2v) is 21.0. The van der Waals surface area contributed by atoms with E-state index in [4.69, 9.17) is 18.9 Å². The van der Waals surface area contributed by atoms with E-state index in [1.807, 2.05) is 25.2 Å². The van der Waals surface area contributed by atoms with Crippen molar-refractivity contribution < 1.29 is 40.6 Å². The normalized spacial score (nSPS) is 22.6. The number of nitrogens with zero attached hydrogens (tertiary/aromatic N) is 8. The third-order valence-electron chi connectivity index (χ3n) is 12.9. The first-order chi connectivity index (χ1) is 31.2. The number of hydrogen-bond donors (Lipinski definition) is 2. The number of aryl methyl sites for hydroxylation is 2. The molecule has 2 saturated heterocycles. The maximum Gasteiger partial charge on any atom is 0.269 e. The van der Waals surface area contributed by atoms with Crippen molar-refractivity contribution >= 4 is 59.7 Å². The summed E-state index contributed by atoms with van der Waals surface area (Å²) < 4.78 is 80.2. The van der Waals surface area contributed by atoms with Gasteiger partial charge in [-0.05, 0) is 62.1 Å². The molecule has 65 heavy (non-hydrogen) atoms. The van der Waals surface area contributed by atoms with Crippen LogP contribution in [0, 0.1) is 31.6 Å². The second-order valence-electron chi connectivity index (χ2n) is 17.4. The molecule has 2 N–H and O–H groups in total. The molecule has 2 saturated carbocycles. The smallest absolute Gasteiger partial charge is 0.269 e. The van der Waals surface area contributed by atoms with Crippen LogP contribution in [-0.4, -0.2) is 98.2 Å². The number of carbonyl (C=O) groups is 1. The topological polar surface area (TPSA) is 225 Å². The van der Waals surface area contributed by atoms with Crippen molar-refractivity contribution in [2.24, 2.45) is 17.8 Å². The predicted molar refractivity (Wildman–Crippen MR) is 235 cm³/mol. The van der Waals surface area contributed by atoms with E-state index >= 15 is 0 Å². The van der Waals surface area contributed by atoms with Gasteiger partial charge in [-0.1, -0.05) is 49.2 Å². The van der Waals surface area contributed by atoms with Gasteiger partial charge in [-0.3, -0.25) is 20.0 Å². The van der Waals surface area contributed by atoms with E-state index in [1.165, 1.54) is 16.4 Å². The van der Waals surface area contributed by atoms with Gasteiger partial charge >= 0.3 is 0 Å². The Hall–Kier alpha value is -5.84.